The van der Waals surface area contributed by atoms with Gasteiger partial charge in [0.05, 0.1) is 12.0 Å². The van der Waals surface area contributed by atoms with Crippen molar-refractivity contribution in [1.29, 1.82) is 0 Å². The van der Waals surface area contributed by atoms with Gasteiger partial charge in [-0.2, -0.15) is 0 Å². The van der Waals surface area contributed by atoms with Crippen LogP contribution in [0.1, 0.15) is 5.56 Å². The van der Waals surface area contributed by atoms with Gasteiger partial charge in [0.15, 0.2) is 0 Å². The van der Waals surface area contributed by atoms with Gasteiger partial charge in [0.25, 0.3) is 0 Å². The van der Waals surface area contributed by atoms with Crippen LogP contribution in [0.3, 0.4) is 0 Å². The summed E-state index contributed by atoms with van der Waals surface area (Å²) in [6, 6.07) is 16.2. The zero-order valence-electron chi connectivity index (χ0n) is 11.2. The van der Waals surface area contributed by atoms with E-state index in [-0.39, 0.29) is 4.90 Å². The molecule has 0 aromatic heterocycles. The van der Waals surface area contributed by atoms with Crippen molar-refractivity contribution in [2.24, 2.45) is 0 Å². The maximum atomic E-state index is 12.1. The van der Waals surface area contributed by atoms with Crippen LogP contribution >= 0.6 is 0 Å². The molecule has 2 rings (SSSR count). The number of hydrogen-bond donors (Lipinski definition) is 1. The molecule has 106 valence electrons. The van der Waals surface area contributed by atoms with E-state index < -0.39 is 10.0 Å². The minimum Gasteiger partial charge on any atom is -0.497 e. The van der Waals surface area contributed by atoms with Crippen molar-refractivity contribution in [3.63, 3.8) is 0 Å². The zero-order valence-corrected chi connectivity index (χ0v) is 12.1. The van der Waals surface area contributed by atoms with Crippen LogP contribution in [0.2, 0.25) is 0 Å². The molecule has 0 saturated heterocycles. The van der Waals surface area contributed by atoms with Gasteiger partial charge >= 0.3 is 0 Å². The Morgan fingerprint density at radius 1 is 1.05 bits per heavy atom. The van der Waals surface area contributed by atoms with Crippen LogP contribution in [0.15, 0.2) is 59.5 Å². The van der Waals surface area contributed by atoms with Gasteiger partial charge in [-0.05, 0) is 24.1 Å². The van der Waals surface area contributed by atoms with Crippen LogP contribution in [0.5, 0.6) is 5.75 Å². The van der Waals surface area contributed by atoms with Crippen molar-refractivity contribution in [3.8, 4) is 5.75 Å². The Balaban J connectivity index is 2.00. The zero-order chi connectivity index (χ0) is 14.4. The molecule has 2 aromatic rings. The first-order valence-electron chi connectivity index (χ1n) is 6.29. The normalized spacial score (nSPS) is 11.2. The summed E-state index contributed by atoms with van der Waals surface area (Å²) in [7, 11) is -1.98. The summed E-state index contributed by atoms with van der Waals surface area (Å²) in [6.45, 7) is 0.365. The Bertz CT molecular complexity index is 654. The number of ether oxygens (including phenoxy) is 1. The van der Waals surface area contributed by atoms with Gasteiger partial charge < -0.3 is 4.74 Å². The fourth-order valence-electron chi connectivity index (χ4n) is 1.83. The second kappa shape index (κ2) is 6.54. The number of methoxy groups -OCH3 is 1. The molecule has 1 N–H and O–H groups in total. The molecule has 0 spiro atoms. The van der Waals surface area contributed by atoms with E-state index in [9.17, 15) is 8.42 Å². The average Bonchev–Trinajstić information content (AvgIpc) is 2.48. The molecule has 0 atom stereocenters. The molecular formula is C15H17NO3S. The summed E-state index contributed by atoms with van der Waals surface area (Å²) in [6.07, 6.45) is 0.657. The molecule has 0 aliphatic rings. The fourth-order valence-corrected chi connectivity index (χ4v) is 2.89. The molecule has 0 bridgehead atoms. The molecule has 0 aliphatic carbocycles. The molecule has 20 heavy (non-hydrogen) atoms. The summed E-state index contributed by atoms with van der Waals surface area (Å²) >= 11 is 0. The first-order chi connectivity index (χ1) is 9.62. The van der Waals surface area contributed by atoms with Crippen LogP contribution in [0, 0.1) is 0 Å². The van der Waals surface area contributed by atoms with Crippen LogP contribution in [0.25, 0.3) is 0 Å². The average molecular weight is 291 g/mol. The van der Waals surface area contributed by atoms with Gasteiger partial charge in [0, 0.05) is 12.6 Å². The lowest BCUT2D eigenvalue weighted by atomic mass is 10.2. The summed E-state index contributed by atoms with van der Waals surface area (Å²) < 4.78 is 31.9. The molecule has 2 aromatic carbocycles. The maximum Gasteiger partial charge on any atom is 0.240 e. The minimum atomic E-state index is -3.49. The van der Waals surface area contributed by atoms with Crippen molar-refractivity contribution in [3.05, 3.63) is 60.2 Å². The summed E-state index contributed by atoms with van der Waals surface area (Å²) in [5.41, 5.74) is 1.10. The lowest BCUT2D eigenvalue weighted by Crippen LogP contribution is -2.26. The smallest absolute Gasteiger partial charge is 0.240 e. The van der Waals surface area contributed by atoms with Crippen LogP contribution < -0.4 is 9.46 Å². The molecule has 0 fully saturated rings. The third-order valence-corrected chi connectivity index (χ3v) is 4.36. The highest BCUT2D eigenvalue weighted by molar-refractivity contribution is 7.89. The molecule has 5 heteroatoms. The van der Waals surface area contributed by atoms with Crippen LogP contribution in [0.4, 0.5) is 0 Å². The second-order valence-corrected chi connectivity index (χ2v) is 6.08. The molecule has 0 heterocycles. The number of benzene rings is 2. The standard InChI is InChI=1S/C15H17NO3S/c1-19-14-8-5-9-15(12-14)20(17,18)16-11-10-13-6-3-2-4-7-13/h2-9,12,16H,10-11H2,1H3. The van der Waals surface area contributed by atoms with E-state index in [1.807, 2.05) is 30.3 Å². The SMILES string of the molecule is COc1cccc(S(=O)(=O)NCCc2ccccc2)c1. The molecule has 0 radical (unpaired) electrons. The monoisotopic (exact) mass is 291 g/mol. The van der Waals surface area contributed by atoms with E-state index in [2.05, 4.69) is 4.72 Å². The first kappa shape index (κ1) is 14.6. The molecule has 0 saturated carbocycles. The van der Waals surface area contributed by atoms with Crippen LogP contribution in [-0.2, 0) is 16.4 Å². The Kier molecular flexibility index (Phi) is 4.76. The quantitative estimate of drug-likeness (QED) is 0.888. The van der Waals surface area contributed by atoms with E-state index >= 15 is 0 Å². The highest BCUT2D eigenvalue weighted by Gasteiger charge is 2.13. The van der Waals surface area contributed by atoms with E-state index in [4.69, 9.17) is 4.74 Å². The summed E-state index contributed by atoms with van der Waals surface area (Å²) in [5, 5.41) is 0. The molecule has 4 nitrogen and oxygen atoms in total. The number of nitrogens with one attached hydrogen (secondary N) is 1. The number of rotatable bonds is 6. The minimum absolute atomic E-state index is 0.213. The van der Waals surface area contributed by atoms with Crippen molar-refractivity contribution >= 4 is 10.0 Å². The summed E-state index contributed by atoms with van der Waals surface area (Å²) in [4.78, 5) is 0.213. The van der Waals surface area contributed by atoms with Gasteiger partial charge in [-0.15, -0.1) is 0 Å². The maximum absolute atomic E-state index is 12.1. The number of hydrogen-bond acceptors (Lipinski definition) is 3. The van der Waals surface area contributed by atoms with Crippen molar-refractivity contribution in [2.45, 2.75) is 11.3 Å². The Labute approximate surface area is 119 Å². The van der Waals surface area contributed by atoms with Gasteiger partial charge in [0.2, 0.25) is 10.0 Å². The van der Waals surface area contributed by atoms with E-state index in [1.165, 1.54) is 13.2 Å². The van der Waals surface area contributed by atoms with Gasteiger partial charge in [-0.3, -0.25) is 0 Å². The third kappa shape index (κ3) is 3.82. The van der Waals surface area contributed by atoms with Gasteiger partial charge in [-0.25, -0.2) is 13.1 Å². The summed E-state index contributed by atoms with van der Waals surface area (Å²) in [5.74, 6) is 0.524. The molecule has 0 amide bonds. The van der Waals surface area contributed by atoms with Gasteiger partial charge in [-0.1, -0.05) is 36.4 Å². The Morgan fingerprint density at radius 2 is 1.80 bits per heavy atom. The topological polar surface area (TPSA) is 55.4 Å². The van der Waals surface area contributed by atoms with Gasteiger partial charge in [0.1, 0.15) is 5.75 Å². The van der Waals surface area contributed by atoms with E-state index in [0.717, 1.165) is 5.56 Å². The molecule has 0 aliphatic heterocycles. The first-order valence-corrected chi connectivity index (χ1v) is 7.78. The Morgan fingerprint density at radius 3 is 2.50 bits per heavy atom. The van der Waals surface area contributed by atoms with E-state index in [1.54, 1.807) is 18.2 Å². The molecule has 0 unspecified atom stereocenters. The number of sulfonamides is 1. The highest BCUT2D eigenvalue weighted by Crippen LogP contribution is 2.16. The predicted molar refractivity (Wildman–Crippen MR) is 78.3 cm³/mol. The highest BCUT2D eigenvalue weighted by atomic mass is 32.2. The second-order valence-electron chi connectivity index (χ2n) is 4.31. The Hall–Kier alpha value is -1.85. The third-order valence-electron chi connectivity index (χ3n) is 2.90. The fraction of sp³-hybridized carbons (Fsp3) is 0.200. The largest absolute Gasteiger partial charge is 0.497 e. The lowest BCUT2D eigenvalue weighted by Gasteiger charge is -2.08. The van der Waals surface area contributed by atoms with Crippen molar-refractivity contribution < 1.29 is 13.2 Å². The van der Waals surface area contributed by atoms with Crippen LogP contribution in [-0.4, -0.2) is 22.1 Å². The van der Waals surface area contributed by atoms with Crippen molar-refractivity contribution in [1.82, 2.24) is 4.72 Å². The lowest BCUT2D eigenvalue weighted by molar-refractivity contribution is 0.413. The molecular weight excluding hydrogens is 274 g/mol. The van der Waals surface area contributed by atoms with Crippen molar-refractivity contribution in [2.75, 3.05) is 13.7 Å². The predicted octanol–water partition coefficient (Wildman–Crippen LogP) is 2.22. The van der Waals surface area contributed by atoms with E-state index in [0.29, 0.717) is 18.7 Å².